The zero-order valence-electron chi connectivity index (χ0n) is 11.1. The number of benzene rings is 2. The lowest BCUT2D eigenvalue weighted by molar-refractivity contribution is 0.596. The number of sulfone groups is 1. The Morgan fingerprint density at radius 2 is 1.70 bits per heavy atom. The van der Waals surface area contributed by atoms with E-state index in [2.05, 4.69) is 4.98 Å². The number of H-pyrrole nitrogens is 1. The van der Waals surface area contributed by atoms with Crippen molar-refractivity contribution >= 4 is 20.7 Å². The van der Waals surface area contributed by atoms with Gasteiger partial charge in [-0.1, -0.05) is 48.0 Å². The number of hydrogen-bond acceptors (Lipinski definition) is 2. The number of fused-ring (bicyclic) bond motifs is 1. The molecule has 0 saturated heterocycles. The van der Waals surface area contributed by atoms with E-state index < -0.39 is 9.84 Å². The van der Waals surface area contributed by atoms with Crippen molar-refractivity contribution in [3.8, 4) is 0 Å². The largest absolute Gasteiger partial charge is 0.360 e. The first-order valence-corrected chi connectivity index (χ1v) is 8.06. The Balaban J connectivity index is 2.01. The van der Waals surface area contributed by atoms with Crippen LogP contribution in [0, 0.1) is 6.92 Å². The van der Waals surface area contributed by atoms with Crippen molar-refractivity contribution < 1.29 is 8.42 Å². The fourth-order valence-corrected chi connectivity index (χ4v) is 3.82. The lowest BCUT2D eigenvalue weighted by Crippen LogP contribution is -2.04. The van der Waals surface area contributed by atoms with Crippen LogP contribution in [0.25, 0.3) is 10.9 Å². The highest BCUT2D eigenvalue weighted by molar-refractivity contribution is 7.90. The first-order chi connectivity index (χ1) is 9.56. The third-order valence-corrected chi connectivity index (χ3v) is 5.08. The minimum Gasteiger partial charge on any atom is -0.360 e. The van der Waals surface area contributed by atoms with Crippen LogP contribution < -0.4 is 0 Å². The Bertz CT molecular complexity index is 846. The Morgan fingerprint density at radius 3 is 2.45 bits per heavy atom. The van der Waals surface area contributed by atoms with Gasteiger partial charge in [-0.2, -0.15) is 0 Å². The van der Waals surface area contributed by atoms with Crippen LogP contribution in [0.4, 0.5) is 0 Å². The van der Waals surface area contributed by atoms with Crippen molar-refractivity contribution in [2.24, 2.45) is 0 Å². The molecule has 0 fully saturated rings. The molecule has 102 valence electrons. The van der Waals surface area contributed by atoms with Gasteiger partial charge in [0.05, 0.1) is 10.6 Å². The van der Waals surface area contributed by atoms with E-state index in [1.54, 1.807) is 6.20 Å². The minimum absolute atomic E-state index is 0.0229. The molecular weight excluding hydrogens is 270 g/mol. The van der Waals surface area contributed by atoms with Crippen molar-refractivity contribution in [2.45, 2.75) is 17.6 Å². The topological polar surface area (TPSA) is 49.9 Å². The van der Waals surface area contributed by atoms with E-state index in [0.29, 0.717) is 4.90 Å². The highest BCUT2D eigenvalue weighted by atomic mass is 32.2. The third-order valence-electron chi connectivity index (χ3n) is 3.36. The van der Waals surface area contributed by atoms with Crippen LogP contribution in [0.2, 0.25) is 0 Å². The molecule has 4 heteroatoms. The van der Waals surface area contributed by atoms with Crippen molar-refractivity contribution in [3.05, 3.63) is 65.9 Å². The molecule has 0 bridgehead atoms. The summed E-state index contributed by atoms with van der Waals surface area (Å²) < 4.78 is 25.1. The SMILES string of the molecule is Cc1ccc(CS(=O)(=O)c2c[nH]c3ccccc23)cc1. The monoisotopic (exact) mass is 285 g/mol. The van der Waals surface area contributed by atoms with Gasteiger partial charge in [-0.3, -0.25) is 0 Å². The molecule has 0 radical (unpaired) electrons. The number of aromatic nitrogens is 1. The van der Waals surface area contributed by atoms with Gasteiger partial charge in [0.2, 0.25) is 0 Å². The lowest BCUT2D eigenvalue weighted by atomic mass is 10.2. The van der Waals surface area contributed by atoms with Gasteiger partial charge in [0.25, 0.3) is 0 Å². The molecule has 1 aromatic heterocycles. The fraction of sp³-hybridized carbons (Fsp3) is 0.125. The van der Waals surface area contributed by atoms with E-state index in [0.717, 1.165) is 22.0 Å². The molecule has 3 nitrogen and oxygen atoms in total. The van der Waals surface area contributed by atoms with Crippen molar-refractivity contribution in [1.82, 2.24) is 4.98 Å². The first kappa shape index (κ1) is 12.9. The molecule has 3 rings (SSSR count). The molecule has 0 aliphatic heterocycles. The summed E-state index contributed by atoms with van der Waals surface area (Å²) in [5.41, 5.74) is 2.77. The van der Waals surface area contributed by atoms with Crippen LogP contribution in [-0.2, 0) is 15.6 Å². The van der Waals surface area contributed by atoms with E-state index in [1.165, 1.54) is 0 Å². The Kier molecular flexibility index (Phi) is 3.10. The number of hydrogen-bond donors (Lipinski definition) is 1. The molecule has 20 heavy (non-hydrogen) atoms. The normalized spacial score (nSPS) is 11.8. The predicted octanol–water partition coefficient (Wildman–Crippen LogP) is 3.45. The fourth-order valence-electron chi connectivity index (χ4n) is 2.28. The number of para-hydroxylation sites is 1. The molecule has 0 amide bonds. The molecular formula is C16H15NO2S. The van der Waals surface area contributed by atoms with Gasteiger partial charge in [-0.25, -0.2) is 8.42 Å². The van der Waals surface area contributed by atoms with Crippen LogP contribution >= 0.6 is 0 Å². The third kappa shape index (κ3) is 2.34. The minimum atomic E-state index is -3.34. The highest BCUT2D eigenvalue weighted by Gasteiger charge is 2.19. The molecule has 0 saturated carbocycles. The van der Waals surface area contributed by atoms with Crippen LogP contribution in [0.15, 0.2) is 59.6 Å². The van der Waals surface area contributed by atoms with Crippen molar-refractivity contribution in [3.63, 3.8) is 0 Å². The van der Waals surface area contributed by atoms with Gasteiger partial charge in [0.15, 0.2) is 9.84 Å². The van der Waals surface area contributed by atoms with Crippen molar-refractivity contribution in [1.29, 1.82) is 0 Å². The summed E-state index contributed by atoms with van der Waals surface area (Å²) in [6.45, 7) is 1.98. The molecule has 1 N–H and O–H groups in total. The zero-order valence-corrected chi connectivity index (χ0v) is 11.9. The van der Waals surface area contributed by atoms with E-state index in [1.807, 2.05) is 55.5 Å². The summed E-state index contributed by atoms with van der Waals surface area (Å²) in [6, 6.07) is 15.0. The van der Waals surface area contributed by atoms with Gasteiger partial charge in [-0.15, -0.1) is 0 Å². The van der Waals surface area contributed by atoms with Gasteiger partial charge in [0, 0.05) is 17.1 Å². The van der Waals surface area contributed by atoms with Gasteiger partial charge in [-0.05, 0) is 18.6 Å². The van der Waals surface area contributed by atoms with Gasteiger partial charge < -0.3 is 4.98 Å². The van der Waals surface area contributed by atoms with Crippen LogP contribution in [0.5, 0.6) is 0 Å². The van der Waals surface area contributed by atoms with E-state index >= 15 is 0 Å². The van der Waals surface area contributed by atoms with E-state index in [-0.39, 0.29) is 5.75 Å². The maximum atomic E-state index is 12.5. The number of rotatable bonds is 3. The molecule has 1 heterocycles. The maximum absolute atomic E-state index is 12.5. The van der Waals surface area contributed by atoms with Gasteiger partial charge in [0.1, 0.15) is 0 Å². The molecule has 0 aliphatic carbocycles. The smallest absolute Gasteiger partial charge is 0.184 e. The summed E-state index contributed by atoms with van der Waals surface area (Å²) in [4.78, 5) is 3.38. The highest BCUT2D eigenvalue weighted by Crippen LogP contribution is 2.25. The average Bonchev–Trinajstić information content (AvgIpc) is 2.86. The van der Waals surface area contributed by atoms with E-state index in [4.69, 9.17) is 0 Å². The maximum Gasteiger partial charge on any atom is 0.184 e. The second-order valence-corrected chi connectivity index (χ2v) is 6.90. The molecule has 3 aromatic rings. The van der Waals surface area contributed by atoms with Gasteiger partial charge >= 0.3 is 0 Å². The average molecular weight is 285 g/mol. The van der Waals surface area contributed by atoms with Crippen LogP contribution in [-0.4, -0.2) is 13.4 Å². The lowest BCUT2D eigenvalue weighted by Gasteiger charge is -2.04. The molecule has 2 aromatic carbocycles. The standard InChI is InChI=1S/C16H15NO2S/c1-12-6-8-13(9-7-12)11-20(18,19)16-10-17-15-5-3-2-4-14(15)16/h2-10,17H,11H2,1H3. The summed E-state index contributed by atoms with van der Waals surface area (Å²) in [6.07, 6.45) is 1.58. The summed E-state index contributed by atoms with van der Waals surface area (Å²) in [5, 5.41) is 0.750. The molecule has 0 aliphatic rings. The second kappa shape index (κ2) is 4.80. The summed E-state index contributed by atoms with van der Waals surface area (Å²) in [7, 11) is -3.34. The molecule has 0 spiro atoms. The molecule has 0 atom stereocenters. The summed E-state index contributed by atoms with van der Waals surface area (Å²) in [5.74, 6) is 0.0229. The first-order valence-electron chi connectivity index (χ1n) is 6.41. The molecule has 0 unspecified atom stereocenters. The Morgan fingerprint density at radius 1 is 1.00 bits per heavy atom. The number of aryl methyl sites for hydroxylation is 1. The zero-order chi connectivity index (χ0) is 14.2. The van der Waals surface area contributed by atoms with E-state index in [9.17, 15) is 8.42 Å². The Hall–Kier alpha value is -2.07. The van der Waals surface area contributed by atoms with Crippen LogP contribution in [0.3, 0.4) is 0 Å². The van der Waals surface area contributed by atoms with Crippen LogP contribution in [0.1, 0.15) is 11.1 Å². The predicted molar refractivity (Wildman–Crippen MR) is 80.4 cm³/mol. The Labute approximate surface area is 118 Å². The summed E-state index contributed by atoms with van der Waals surface area (Å²) >= 11 is 0. The second-order valence-electron chi connectivity index (χ2n) is 4.94. The quantitative estimate of drug-likeness (QED) is 0.801. The van der Waals surface area contributed by atoms with Crippen molar-refractivity contribution in [2.75, 3.05) is 0 Å². The number of aromatic amines is 1. The number of nitrogens with one attached hydrogen (secondary N) is 1.